The lowest BCUT2D eigenvalue weighted by Crippen LogP contribution is -2.20. The maximum Gasteiger partial charge on any atom is 0.406 e. The second-order valence-corrected chi connectivity index (χ2v) is 6.05. The lowest BCUT2D eigenvalue weighted by molar-refractivity contribution is -0.141. The number of nitrogens with zero attached hydrogens (tertiary/aromatic N) is 1. The SMILES string of the molecule is Cc1cc(C(=O)COC(=O)c2ccc3c(c2)OCO3)c(C)n1CC(F)(F)F. The molecule has 0 saturated heterocycles. The molecule has 1 aromatic heterocycles. The van der Waals surface area contributed by atoms with Gasteiger partial charge in [-0.15, -0.1) is 0 Å². The number of halogens is 3. The highest BCUT2D eigenvalue weighted by atomic mass is 19.4. The van der Waals surface area contributed by atoms with Crippen molar-refractivity contribution in [2.24, 2.45) is 0 Å². The van der Waals surface area contributed by atoms with E-state index in [0.717, 1.165) is 4.57 Å². The summed E-state index contributed by atoms with van der Waals surface area (Å²) in [5, 5.41) is 0. The fourth-order valence-corrected chi connectivity index (χ4v) is 2.82. The molecule has 0 bridgehead atoms. The molecule has 0 unspecified atom stereocenters. The zero-order valence-corrected chi connectivity index (χ0v) is 14.6. The fourth-order valence-electron chi connectivity index (χ4n) is 2.82. The van der Waals surface area contributed by atoms with E-state index in [1.807, 2.05) is 0 Å². The van der Waals surface area contributed by atoms with Crippen molar-refractivity contribution in [2.45, 2.75) is 26.6 Å². The van der Waals surface area contributed by atoms with E-state index in [9.17, 15) is 22.8 Å². The molecule has 27 heavy (non-hydrogen) atoms. The van der Waals surface area contributed by atoms with E-state index in [2.05, 4.69) is 0 Å². The van der Waals surface area contributed by atoms with E-state index in [1.54, 1.807) is 6.07 Å². The van der Waals surface area contributed by atoms with Gasteiger partial charge in [0, 0.05) is 17.0 Å². The predicted octanol–water partition coefficient (Wildman–Crippen LogP) is 3.44. The van der Waals surface area contributed by atoms with Crippen LogP contribution in [0.2, 0.25) is 0 Å². The molecule has 2 aromatic rings. The number of fused-ring (bicyclic) bond motifs is 1. The number of aromatic nitrogens is 1. The van der Waals surface area contributed by atoms with Crippen molar-refractivity contribution in [1.29, 1.82) is 0 Å². The first kappa shape index (κ1) is 18.8. The lowest BCUT2D eigenvalue weighted by atomic mass is 10.1. The first-order valence-corrected chi connectivity index (χ1v) is 7.99. The van der Waals surface area contributed by atoms with Crippen molar-refractivity contribution in [2.75, 3.05) is 13.4 Å². The van der Waals surface area contributed by atoms with E-state index < -0.39 is 31.1 Å². The van der Waals surface area contributed by atoms with E-state index in [-0.39, 0.29) is 23.6 Å². The quantitative estimate of drug-likeness (QED) is 0.585. The fraction of sp³-hybridized carbons (Fsp3) is 0.333. The number of hydrogen-bond acceptors (Lipinski definition) is 5. The van der Waals surface area contributed by atoms with Crippen LogP contribution in [0, 0.1) is 13.8 Å². The third kappa shape index (κ3) is 4.07. The van der Waals surface area contributed by atoms with Crippen LogP contribution in [0.4, 0.5) is 13.2 Å². The summed E-state index contributed by atoms with van der Waals surface area (Å²) in [5.41, 5.74) is 0.744. The standard InChI is InChI=1S/C18H16F3NO5/c1-10-5-13(11(2)22(10)8-18(19,20)21)14(23)7-25-17(24)12-3-4-15-16(6-12)27-9-26-15/h3-6H,7-9H2,1-2H3. The Bertz CT molecular complexity index is 901. The molecule has 9 heteroatoms. The molecule has 1 aromatic carbocycles. The van der Waals surface area contributed by atoms with Crippen LogP contribution >= 0.6 is 0 Å². The molecule has 0 saturated carbocycles. The Morgan fingerprint density at radius 2 is 1.85 bits per heavy atom. The zero-order chi connectivity index (χ0) is 19.8. The smallest absolute Gasteiger partial charge is 0.406 e. The van der Waals surface area contributed by atoms with E-state index in [0.29, 0.717) is 17.2 Å². The number of rotatable bonds is 5. The molecule has 0 atom stereocenters. The predicted molar refractivity (Wildman–Crippen MR) is 87.1 cm³/mol. The maximum absolute atomic E-state index is 12.7. The first-order chi connectivity index (χ1) is 12.7. The van der Waals surface area contributed by atoms with Crippen LogP contribution in [0.5, 0.6) is 11.5 Å². The van der Waals surface area contributed by atoms with Crippen molar-refractivity contribution >= 4 is 11.8 Å². The molecule has 6 nitrogen and oxygen atoms in total. The molecule has 0 N–H and O–H groups in total. The first-order valence-electron chi connectivity index (χ1n) is 7.99. The zero-order valence-electron chi connectivity index (χ0n) is 14.6. The van der Waals surface area contributed by atoms with Crippen molar-refractivity contribution in [3.8, 4) is 11.5 Å². The number of carbonyl (C=O) groups excluding carboxylic acids is 2. The van der Waals surface area contributed by atoms with Crippen LogP contribution in [0.15, 0.2) is 24.3 Å². The van der Waals surface area contributed by atoms with Gasteiger partial charge in [0.25, 0.3) is 0 Å². The Labute approximate surface area is 152 Å². The number of carbonyl (C=O) groups is 2. The normalized spacial score (nSPS) is 12.9. The van der Waals surface area contributed by atoms with E-state index in [1.165, 1.54) is 32.0 Å². The molecule has 1 aliphatic heterocycles. The van der Waals surface area contributed by atoms with Crippen molar-refractivity contribution in [3.63, 3.8) is 0 Å². The van der Waals surface area contributed by atoms with Crippen molar-refractivity contribution < 1.29 is 37.0 Å². The largest absolute Gasteiger partial charge is 0.454 e. The molecule has 3 rings (SSSR count). The van der Waals surface area contributed by atoms with Gasteiger partial charge in [0.1, 0.15) is 6.54 Å². The Balaban J connectivity index is 1.67. The van der Waals surface area contributed by atoms with Crippen LogP contribution < -0.4 is 9.47 Å². The number of esters is 1. The Morgan fingerprint density at radius 1 is 1.15 bits per heavy atom. The van der Waals surface area contributed by atoms with Gasteiger partial charge in [0.2, 0.25) is 12.6 Å². The number of ether oxygens (including phenoxy) is 3. The minimum absolute atomic E-state index is 0.0554. The Hall–Kier alpha value is -2.97. The highest BCUT2D eigenvalue weighted by Crippen LogP contribution is 2.32. The van der Waals surface area contributed by atoms with Gasteiger partial charge in [-0.25, -0.2) is 4.79 Å². The number of aryl methyl sites for hydroxylation is 1. The van der Waals surface area contributed by atoms with Crippen molar-refractivity contribution in [3.05, 3.63) is 46.8 Å². The van der Waals surface area contributed by atoms with Gasteiger partial charge in [0.15, 0.2) is 18.1 Å². The van der Waals surface area contributed by atoms with Gasteiger partial charge in [-0.05, 0) is 38.1 Å². The van der Waals surface area contributed by atoms with E-state index in [4.69, 9.17) is 14.2 Å². The molecule has 0 aliphatic carbocycles. The summed E-state index contributed by atoms with van der Waals surface area (Å²) in [4.78, 5) is 24.4. The summed E-state index contributed by atoms with van der Waals surface area (Å²) >= 11 is 0. The summed E-state index contributed by atoms with van der Waals surface area (Å²) in [6.45, 7) is 1.19. The van der Waals surface area contributed by atoms with Gasteiger partial charge < -0.3 is 18.8 Å². The number of alkyl halides is 3. The highest BCUT2D eigenvalue weighted by Gasteiger charge is 2.30. The molecule has 0 fully saturated rings. The summed E-state index contributed by atoms with van der Waals surface area (Å²) < 4.78 is 54.3. The van der Waals surface area contributed by atoms with Crippen LogP contribution in [0.25, 0.3) is 0 Å². The van der Waals surface area contributed by atoms with Gasteiger partial charge in [-0.2, -0.15) is 13.2 Å². The average Bonchev–Trinajstić information content (AvgIpc) is 3.17. The molecule has 1 aliphatic rings. The van der Waals surface area contributed by atoms with Crippen LogP contribution in [-0.2, 0) is 11.3 Å². The molecule has 0 amide bonds. The Morgan fingerprint density at radius 3 is 2.56 bits per heavy atom. The summed E-state index contributed by atoms with van der Waals surface area (Å²) in [5.74, 6) is -0.428. The topological polar surface area (TPSA) is 66.8 Å². The third-order valence-corrected chi connectivity index (χ3v) is 4.15. The molecule has 0 radical (unpaired) electrons. The van der Waals surface area contributed by atoms with Gasteiger partial charge >= 0.3 is 12.1 Å². The lowest BCUT2D eigenvalue weighted by Gasteiger charge is -2.12. The third-order valence-electron chi connectivity index (χ3n) is 4.15. The highest BCUT2D eigenvalue weighted by molar-refractivity contribution is 6.00. The van der Waals surface area contributed by atoms with Gasteiger partial charge in [-0.3, -0.25) is 4.79 Å². The number of benzene rings is 1. The molecular formula is C18H16F3NO5. The summed E-state index contributed by atoms with van der Waals surface area (Å²) in [6, 6.07) is 5.81. The second kappa shape index (κ2) is 6.98. The van der Waals surface area contributed by atoms with E-state index >= 15 is 0 Å². The minimum Gasteiger partial charge on any atom is -0.454 e. The van der Waals surface area contributed by atoms with Crippen LogP contribution in [-0.4, -0.2) is 35.9 Å². The minimum atomic E-state index is -4.40. The molecule has 0 spiro atoms. The van der Waals surface area contributed by atoms with Crippen LogP contribution in [0.1, 0.15) is 32.1 Å². The Kier molecular flexibility index (Phi) is 4.86. The van der Waals surface area contributed by atoms with Crippen molar-refractivity contribution in [1.82, 2.24) is 4.57 Å². The summed E-state index contributed by atoms with van der Waals surface area (Å²) in [6.07, 6.45) is -4.40. The second-order valence-electron chi connectivity index (χ2n) is 6.05. The maximum atomic E-state index is 12.7. The number of hydrogen-bond donors (Lipinski definition) is 0. The molecular weight excluding hydrogens is 367 g/mol. The van der Waals surface area contributed by atoms with Gasteiger partial charge in [-0.1, -0.05) is 0 Å². The summed E-state index contributed by atoms with van der Waals surface area (Å²) in [7, 11) is 0. The monoisotopic (exact) mass is 383 g/mol. The number of ketones is 1. The average molecular weight is 383 g/mol. The molecule has 2 heterocycles. The van der Waals surface area contributed by atoms with Crippen LogP contribution in [0.3, 0.4) is 0 Å². The van der Waals surface area contributed by atoms with Gasteiger partial charge in [0.05, 0.1) is 5.56 Å². The molecule has 144 valence electrons. The number of Topliss-reactive ketones (excluding diaryl/α,β-unsaturated/α-hetero) is 1.